The Bertz CT molecular complexity index is 773. The van der Waals surface area contributed by atoms with Crippen LogP contribution in [0.4, 0.5) is 5.13 Å². The Morgan fingerprint density at radius 1 is 1.25 bits per heavy atom. The molecule has 0 radical (unpaired) electrons. The standard InChI is InChI=1S/C18H20N2O3S/c1-11-6-12(2)8-13(7-11)18(4-5-18)16(22)20-17-19-14(10-24-17)9-15(21)23-3/h6-8,10H,4-5,9H2,1-3H3,(H,19,20,22). The summed E-state index contributed by atoms with van der Waals surface area (Å²) in [5.41, 5.74) is 3.57. The normalized spacial score (nSPS) is 15.0. The molecule has 0 unspecified atom stereocenters. The van der Waals surface area contributed by atoms with Gasteiger partial charge < -0.3 is 10.1 Å². The van der Waals surface area contributed by atoms with Crippen LogP contribution in [0.3, 0.4) is 0 Å². The summed E-state index contributed by atoms with van der Waals surface area (Å²) in [5, 5.41) is 5.20. The molecule has 6 heteroatoms. The lowest BCUT2D eigenvalue weighted by atomic mass is 9.92. The highest BCUT2D eigenvalue weighted by atomic mass is 32.1. The van der Waals surface area contributed by atoms with Crippen molar-refractivity contribution in [3.8, 4) is 0 Å². The van der Waals surface area contributed by atoms with E-state index in [1.807, 2.05) is 13.8 Å². The number of aromatic nitrogens is 1. The van der Waals surface area contributed by atoms with Gasteiger partial charge in [-0.25, -0.2) is 4.98 Å². The lowest BCUT2D eigenvalue weighted by Gasteiger charge is -2.16. The number of anilines is 1. The molecular formula is C18H20N2O3S. The first kappa shape index (κ1) is 16.6. The lowest BCUT2D eigenvalue weighted by Crippen LogP contribution is -2.28. The molecule has 0 spiro atoms. The van der Waals surface area contributed by atoms with Gasteiger partial charge in [0.25, 0.3) is 0 Å². The molecule has 0 atom stereocenters. The third kappa shape index (κ3) is 3.33. The Hall–Kier alpha value is -2.21. The summed E-state index contributed by atoms with van der Waals surface area (Å²) in [5.74, 6) is -0.362. The zero-order valence-corrected chi connectivity index (χ0v) is 14.8. The van der Waals surface area contributed by atoms with E-state index in [1.54, 1.807) is 5.38 Å². The number of ether oxygens (including phenoxy) is 1. The van der Waals surface area contributed by atoms with Gasteiger partial charge in [-0.15, -0.1) is 11.3 Å². The number of thiazole rings is 1. The number of esters is 1. The van der Waals surface area contributed by atoms with E-state index in [4.69, 9.17) is 0 Å². The number of hydrogen-bond donors (Lipinski definition) is 1. The Morgan fingerprint density at radius 2 is 1.92 bits per heavy atom. The van der Waals surface area contributed by atoms with Crippen LogP contribution in [0, 0.1) is 13.8 Å². The molecular weight excluding hydrogens is 324 g/mol. The van der Waals surface area contributed by atoms with E-state index in [0.29, 0.717) is 10.8 Å². The average Bonchev–Trinajstić information content (AvgIpc) is 3.23. The van der Waals surface area contributed by atoms with E-state index >= 15 is 0 Å². The van der Waals surface area contributed by atoms with Crippen molar-refractivity contribution in [1.82, 2.24) is 4.98 Å². The predicted octanol–water partition coefficient (Wildman–Crippen LogP) is 3.15. The zero-order chi connectivity index (χ0) is 17.3. The van der Waals surface area contributed by atoms with Crippen molar-refractivity contribution in [2.45, 2.75) is 38.5 Å². The summed E-state index contributed by atoms with van der Waals surface area (Å²) in [6.07, 6.45) is 1.81. The highest BCUT2D eigenvalue weighted by Crippen LogP contribution is 2.49. The van der Waals surface area contributed by atoms with Crippen LogP contribution in [0.2, 0.25) is 0 Å². The molecule has 1 aromatic carbocycles. The molecule has 1 amide bonds. The summed E-state index contributed by atoms with van der Waals surface area (Å²) in [6, 6.07) is 6.28. The maximum Gasteiger partial charge on any atom is 0.311 e. The van der Waals surface area contributed by atoms with Crippen molar-refractivity contribution < 1.29 is 14.3 Å². The minimum absolute atomic E-state index is 0.0218. The Kier molecular flexibility index (Phi) is 4.41. The maximum absolute atomic E-state index is 12.8. The number of rotatable bonds is 5. The molecule has 1 aliphatic rings. The maximum atomic E-state index is 12.8. The number of carbonyl (C=O) groups excluding carboxylic acids is 2. The van der Waals surface area contributed by atoms with Gasteiger partial charge in [-0.2, -0.15) is 0 Å². The fourth-order valence-electron chi connectivity index (χ4n) is 2.91. The lowest BCUT2D eigenvalue weighted by molar-refractivity contribution is -0.139. The number of hydrogen-bond acceptors (Lipinski definition) is 5. The van der Waals surface area contributed by atoms with Crippen LogP contribution in [-0.4, -0.2) is 24.0 Å². The molecule has 1 saturated carbocycles. The molecule has 1 N–H and O–H groups in total. The average molecular weight is 344 g/mol. The number of amides is 1. The second-order valence-corrected chi connectivity index (χ2v) is 7.17. The molecule has 5 nitrogen and oxygen atoms in total. The zero-order valence-electron chi connectivity index (χ0n) is 14.0. The highest BCUT2D eigenvalue weighted by molar-refractivity contribution is 7.14. The van der Waals surface area contributed by atoms with Gasteiger partial charge in [0.15, 0.2) is 5.13 Å². The number of benzene rings is 1. The second kappa shape index (κ2) is 6.36. The van der Waals surface area contributed by atoms with Crippen LogP contribution < -0.4 is 5.32 Å². The molecule has 3 rings (SSSR count). The topological polar surface area (TPSA) is 68.3 Å². The smallest absolute Gasteiger partial charge is 0.311 e. The van der Waals surface area contributed by atoms with Crippen molar-refractivity contribution in [1.29, 1.82) is 0 Å². The first-order chi connectivity index (χ1) is 11.4. The number of methoxy groups -OCH3 is 1. The molecule has 2 aromatic rings. The van der Waals surface area contributed by atoms with Crippen molar-refractivity contribution in [3.63, 3.8) is 0 Å². The molecule has 1 aromatic heterocycles. The van der Waals surface area contributed by atoms with Crippen molar-refractivity contribution >= 4 is 28.3 Å². The molecule has 0 saturated heterocycles. The number of aryl methyl sites for hydroxylation is 2. The fraction of sp³-hybridized carbons (Fsp3) is 0.389. The summed E-state index contributed by atoms with van der Waals surface area (Å²) in [4.78, 5) is 28.4. The summed E-state index contributed by atoms with van der Waals surface area (Å²) in [7, 11) is 1.35. The third-order valence-electron chi connectivity index (χ3n) is 4.28. The third-order valence-corrected chi connectivity index (χ3v) is 5.09. The highest BCUT2D eigenvalue weighted by Gasteiger charge is 2.51. The molecule has 0 aliphatic heterocycles. The van der Waals surface area contributed by atoms with Gasteiger partial charge in [-0.3, -0.25) is 9.59 Å². The van der Waals surface area contributed by atoms with Gasteiger partial charge in [0.2, 0.25) is 5.91 Å². The van der Waals surface area contributed by atoms with E-state index in [1.165, 1.54) is 29.6 Å². The van der Waals surface area contributed by atoms with Crippen molar-refractivity contribution in [2.24, 2.45) is 0 Å². The van der Waals surface area contributed by atoms with E-state index in [2.05, 4.69) is 33.2 Å². The molecule has 1 heterocycles. The van der Waals surface area contributed by atoms with Gasteiger partial charge in [0.05, 0.1) is 24.6 Å². The first-order valence-corrected chi connectivity index (χ1v) is 8.72. The first-order valence-electron chi connectivity index (χ1n) is 7.84. The number of nitrogens with zero attached hydrogens (tertiary/aromatic N) is 1. The van der Waals surface area contributed by atoms with Crippen molar-refractivity contribution in [2.75, 3.05) is 12.4 Å². The molecule has 0 bridgehead atoms. The molecule has 1 fully saturated rings. The van der Waals surface area contributed by atoms with Gasteiger partial charge in [0.1, 0.15) is 0 Å². The summed E-state index contributed by atoms with van der Waals surface area (Å²) >= 11 is 1.32. The molecule has 1 aliphatic carbocycles. The quantitative estimate of drug-likeness (QED) is 0.846. The largest absolute Gasteiger partial charge is 0.469 e. The summed E-state index contributed by atoms with van der Waals surface area (Å²) < 4.78 is 4.63. The van der Waals surface area contributed by atoms with Crippen LogP contribution >= 0.6 is 11.3 Å². The van der Waals surface area contributed by atoms with Gasteiger partial charge in [-0.1, -0.05) is 29.3 Å². The van der Waals surface area contributed by atoms with E-state index < -0.39 is 5.41 Å². The van der Waals surface area contributed by atoms with Crippen LogP contribution in [0.1, 0.15) is 35.2 Å². The number of carbonyl (C=O) groups is 2. The Labute approximate surface area is 145 Å². The van der Waals surface area contributed by atoms with E-state index in [-0.39, 0.29) is 18.3 Å². The Morgan fingerprint density at radius 3 is 2.50 bits per heavy atom. The minimum atomic E-state index is -0.440. The SMILES string of the molecule is COC(=O)Cc1csc(NC(=O)C2(c3cc(C)cc(C)c3)CC2)n1. The monoisotopic (exact) mass is 344 g/mol. The fourth-order valence-corrected chi connectivity index (χ4v) is 3.61. The number of nitrogens with one attached hydrogen (secondary N) is 1. The Balaban J connectivity index is 1.74. The predicted molar refractivity (Wildman–Crippen MR) is 93.3 cm³/mol. The van der Waals surface area contributed by atoms with Crippen molar-refractivity contribution in [3.05, 3.63) is 46.0 Å². The summed E-state index contributed by atoms with van der Waals surface area (Å²) in [6.45, 7) is 4.09. The van der Waals surface area contributed by atoms with E-state index in [9.17, 15) is 9.59 Å². The van der Waals surface area contributed by atoms with Gasteiger partial charge in [-0.05, 0) is 32.3 Å². The van der Waals surface area contributed by atoms with Gasteiger partial charge >= 0.3 is 5.97 Å². The second-order valence-electron chi connectivity index (χ2n) is 6.31. The van der Waals surface area contributed by atoms with Crippen LogP contribution in [0.5, 0.6) is 0 Å². The van der Waals surface area contributed by atoms with Crippen LogP contribution in [0.15, 0.2) is 23.6 Å². The van der Waals surface area contributed by atoms with Crippen LogP contribution in [0.25, 0.3) is 0 Å². The van der Waals surface area contributed by atoms with Crippen LogP contribution in [-0.2, 0) is 26.2 Å². The molecule has 126 valence electrons. The molecule has 24 heavy (non-hydrogen) atoms. The van der Waals surface area contributed by atoms with Gasteiger partial charge in [0, 0.05) is 5.38 Å². The minimum Gasteiger partial charge on any atom is -0.469 e. The van der Waals surface area contributed by atoms with E-state index in [0.717, 1.165) is 18.4 Å².